The zero-order valence-corrected chi connectivity index (χ0v) is 17.7. The fourth-order valence-corrected chi connectivity index (χ4v) is 3.56. The van der Waals surface area contributed by atoms with Crippen molar-refractivity contribution in [2.75, 3.05) is 22.5 Å². The van der Waals surface area contributed by atoms with Crippen LogP contribution in [0.5, 0.6) is 0 Å². The molecule has 0 unspecified atom stereocenters. The molecule has 33 heavy (non-hydrogen) atoms. The van der Waals surface area contributed by atoms with Crippen molar-refractivity contribution in [3.8, 4) is 0 Å². The molecular formula is C25H22N4O4. The fourth-order valence-electron chi connectivity index (χ4n) is 3.56. The zero-order valence-electron chi connectivity index (χ0n) is 17.7. The normalized spacial score (nSPS) is 11.8. The first kappa shape index (κ1) is 21.8. The summed E-state index contributed by atoms with van der Waals surface area (Å²) < 4.78 is 0. The Balaban J connectivity index is 1.47. The summed E-state index contributed by atoms with van der Waals surface area (Å²) in [5.41, 5.74) is 0.255. The first-order chi connectivity index (χ1) is 16.0. The van der Waals surface area contributed by atoms with Crippen molar-refractivity contribution in [1.82, 2.24) is 4.98 Å². The average Bonchev–Trinajstić information content (AvgIpc) is 2.83. The van der Waals surface area contributed by atoms with Crippen molar-refractivity contribution in [1.29, 1.82) is 0 Å². The van der Waals surface area contributed by atoms with Gasteiger partial charge in [0, 0.05) is 30.2 Å². The molecule has 0 radical (unpaired) electrons. The van der Waals surface area contributed by atoms with Gasteiger partial charge in [0.25, 0.3) is 10.9 Å². The standard InChI is InChI=1S/C25H22N4O4/c1-2-12-26-20-21(23(31)22(20)30)29-19(25(32)33)14-15-7-9-17(10-8-15)28-24-18-6-4-3-5-16(18)11-13-27-24/h2-11,13,19,26,29H,1,12,14H2,(H,27,28)(H,32,33)/t19-/m0/s1. The Labute approximate surface area is 189 Å². The number of hydrogen-bond acceptors (Lipinski definition) is 7. The van der Waals surface area contributed by atoms with E-state index in [0.29, 0.717) is 0 Å². The molecule has 4 aromatic rings. The Kier molecular flexibility index (Phi) is 6.17. The summed E-state index contributed by atoms with van der Waals surface area (Å²) in [6.45, 7) is 3.84. The van der Waals surface area contributed by atoms with E-state index in [0.717, 1.165) is 27.8 Å². The molecule has 0 spiro atoms. The van der Waals surface area contributed by atoms with Gasteiger partial charge in [0.15, 0.2) is 0 Å². The minimum atomic E-state index is -1.13. The Bertz CT molecular complexity index is 1380. The fraction of sp³-hybridized carbons (Fsp3) is 0.120. The van der Waals surface area contributed by atoms with Crippen LogP contribution in [0.15, 0.2) is 83.0 Å². The van der Waals surface area contributed by atoms with Crippen LogP contribution in [-0.4, -0.2) is 28.6 Å². The molecule has 1 heterocycles. The van der Waals surface area contributed by atoms with Gasteiger partial charge < -0.3 is 21.1 Å². The highest BCUT2D eigenvalue weighted by Crippen LogP contribution is 2.24. The minimum absolute atomic E-state index is 0.00503. The van der Waals surface area contributed by atoms with Crippen molar-refractivity contribution < 1.29 is 9.90 Å². The molecule has 1 aromatic heterocycles. The van der Waals surface area contributed by atoms with E-state index >= 15 is 0 Å². The number of carboxylic acid groups (broad SMARTS) is 1. The lowest BCUT2D eigenvalue weighted by Gasteiger charge is -2.19. The summed E-state index contributed by atoms with van der Waals surface area (Å²) in [5.74, 6) is -0.398. The number of nitrogens with one attached hydrogen (secondary N) is 3. The van der Waals surface area contributed by atoms with Gasteiger partial charge in [0.05, 0.1) is 0 Å². The highest BCUT2D eigenvalue weighted by Gasteiger charge is 2.26. The molecular weight excluding hydrogens is 420 g/mol. The molecule has 0 aliphatic heterocycles. The Hall–Kier alpha value is -4.46. The molecule has 0 bridgehead atoms. The van der Waals surface area contributed by atoms with Crippen LogP contribution in [0.25, 0.3) is 10.8 Å². The highest BCUT2D eigenvalue weighted by atomic mass is 16.4. The van der Waals surface area contributed by atoms with Crippen LogP contribution < -0.4 is 26.8 Å². The third kappa shape index (κ3) is 4.59. The van der Waals surface area contributed by atoms with Gasteiger partial charge in [-0.05, 0) is 29.1 Å². The van der Waals surface area contributed by atoms with E-state index in [9.17, 15) is 19.5 Å². The van der Waals surface area contributed by atoms with Crippen LogP contribution >= 0.6 is 0 Å². The molecule has 4 N–H and O–H groups in total. The Morgan fingerprint density at radius 3 is 2.48 bits per heavy atom. The lowest BCUT2D eigenvalue weighted by atomic mass is 10.0. The number of carbonyl (C=O) groups is 1. The third-order valence-corrected chi connectivity index (χ3v) is 5.28. The van der Waals surface area contributed by atoms with Crippen molar-refractivity contribution in [2.45, 2.75) is 12.5 Å². The molecule has 0 saturated carbocycles. The third-order valence-electron chi connectivity index (χ3n) is 5.28. The van der Waals surface area contributed by atoms with E-state index in [1.54, 1.807) is 12.3 Å². The number of carboxylic acids is 1. The summed E-state index contributed by atoms with van der Waals surface area (Å²) in [4.78, 5) is 39.9. The smallest absolute Gasteiger partial charge is 0.326 e. The highest BCUT2D eigenvalue weighted by molar-refractivity contribution is 5.93. The maximum Gasteiger partial charge on any atom is 0.326 e. The molecule has 8 nitrogen and oxygen atoms in total. The maximum atomic E-state index is 11.9. The Morgan fingerprint density at radius 2 is 1.76 bits per heavy atom. The number of nitrogens with zero attached hydrogens (tertiary/aromatic N) is 1. The number of benzene rings is 2. The lowest BCUT2D eigenvalue weighted by Crippen LogP contribution is -2.42. The van der Waals surface area contributed by atoms with Gasteiger partial charge in [0.1, 0.15) is 23.2 Å². The SMILES string of the molecule is C=CCNc1c(N[C@@H](Cc2ccc(Nc3nccc4ccccc34)cc2)C(=O)O)c(=O)c1=O. The van der Waals surface area contributed by atoms with Crippen LogP contribution in [0.2, 0.25) is 0 Å². The summed E-state index contributed by atoms with van der Waals surface area (Å²) in [6.07, 6.45) is 3.40. The van der Waals surface area contributed by atoms with Crippen LogP contribution in [-0.2, 0) is 11.2 Å². The molecule has 8 heteroatoms. The van der Waals surface area contributed by atoms with Crippen molar-refractivity contribution >= 4 is 39.6 Å². The van der Waals surface area contributed by atoms with Gasteiger partial charge in [-0.1, -0.05) is 42.5 Å². The second kappa shape index (κ2) is 9.35. The number of fused-ring (bicyclic) bond motifs is 1. The quantitative estimate of drug-likeness (QED) is 0.218. The van der Waals surface area contributed by atoms with Gasteiger partial charge in [-0.3, -0.25) is 9.59 Å². The second-order valence-corrected chi connectivity index (χ2v) is 7.52. The van der Waals surface area contributed by atoms with E-state index in [-0.39, 0.29) is 24.3 Å². The monoisotopic (exact) mass is 442 g/mol. The first-order valence-corrected chi connectivity index (χ1v) is 10.3. The molecule has 0 aliphatic rings. The van der Waals surface area contributed by atoms with E-state index < -0.39 is 22.9 Å². The van der Waals surface area contributed by atoms with Crippen LogP contribution in [0, 0.1) is 0 Å². The van der Waals surface area contributed by atoms with Crippen molar-refractivity contribution in [2.24, 2.45) is 0 Å². The topological polar surface area (TPSA) is 120 Å². The van der Waals surface area contributed by atoms with Crippen molar-refractivity contribution in [3.63, 3.8) is 0 Å². The number of aromatic nitrogens is 1. The van der Waals surface area contributed by atoms with Gasteiger partial charge in [-0.2, -0.15) is 0 Å². The molecule has 0 aliphatic carbocycles. The molecule has 0 saturated heterocycles. The van der Waals surface area contributed by atoms with E-state index in [1.807, 2.05) is 54.6 Å². The van der Waals surface area contributed by atoms with E-state index in [1.165, 1.54) is 0 Å². The summed E-state index contributed by atoms with van der Waals surface area (Å²) in [5, 5.41) is 20.5. The summed E-state index contributed by atoms with van der Waals surface area (Å²) in [7, 11) is 0. The van der Waals surface area contributed by atoms with Gasteiger partial charge >= 0.3 is 5.97 Å². The zero-order chi connectivity index (χ0) is 23.4. The lowest BCUT2D eigenvalue weighted by molar-refractivity contribution is -0.137. The van der Waals surface area contributed by atoms with Gasteiger partial charge in [-0.25, -0.2) is 9.78 Å². The molecule has 0 fully saturated rings. The molecule has 166 valence electrons. The number of hydrogen-bond donors (Lipinski definition) is 4. The van der Waals surface area contributed by atoms with E-state index in [2.05, 4.69) is 27.5 Å². The number of aliphatic carboxylic acids is 1. The molecule has 4 rings (SSSR count). The summed E-state index contributed by atoms with van der Waals surface area (Å²) in [6, 6.07) is 16.1. The van der Waals surface area contributed by atoms with Crippen LogP contribution in [0.4, 0.5) is 22.9 Å². The summed E-state index contributed by atoms with van der Waals surface area (Å²) >= 11 is 0. The van der Waals surface area contributed by atoms with Crippen molar-refractivity contribution in [3.05, 3.63) is 99.5 Å². The predicted octanol–water partition coefficient (Wildman–Crippen LogP) is 3.28. The van der Waals surface area contributed by atoms with E-state index in [4.69, 9.17) is 0 Å². The molecule has 1 atom stereocenters. The van der Waals surface area contributed by atoms with Crippen LogP contribution in [0.3, 0.4) is 0 Å². The van der Waals surface area contributed by atoms with Crippen LogP contribution in [0.1, 0.15) is 5.56 Å². The average molecular weight is 442 g/mol. The Morgan fingerprint density at radius 1 is 1.03 bits per heavy atom. The maximum absolute atomic E-state index is 11.9. The predicted molar refractivity (Wildman–Crippen MR) is 130 cm³/mol. The number of rotatable bonds is 10. The second-order valence-electron chi connectivity index (χ2n) is 7.52. The molecule has 0 amide bonds. The van der Waals surface area contributed by atoms with Gasteiger partial charge in [-0.15, -0.1) is 6.58 Å². The first-order valence-electron chi connectivity index (χ1n) is 10.3. The largest absolute Gasteiger partial charge is 0.480 e. The minimum Gasteiger partial charge on any atom is -0.480 e. The van der Waals surface area contributed by atoms with Gasteiger partial charge in [0.2, 0.25) is 0 Å². The number of pyridine rings is 1. The number of anilines is 4. The molecule has 3 aromatic carbocycles.